The molecule has 1 aromatic rings. The van der Waals surface area contributed by atoms with Crippen molar-refractivity contribution < 1.29 is 4.79 Å². The van der Waals surface area contributed by atoms with Gasteiger partial charge >= 0.3 is 0 Å². The topological polar surface area (TPSA) is 49.0 Å². The predicted molar refractivity (Wildman–Crippen MR) is 45.8 cm³/mol. The summed E-state index contributed by atoms with van der Waals surface area (Å²) in [6, 6.07) is 0.215. The first-order valence-corrected chi connectivity index (χ1v) is 3.89. The van der Waals surface area contributed by atoms with Crippen LogP contribution in [0, 0.1) is 0 Å². The Morgan fingerprint density at radius 3 is 2.75 bits per heavy atom. The molecule has 12 heavy (non-hydrogen) atoms. The summed E-state index contributed by atoms with van der Waals surface area (Å²) in [5, 5.41) is 6.32. The van der Waals surface area contributed by atoms with Crippen LogP contribution in [-0.2, 0) is 0 Å². The van der Waals surface area contributed by atoms with Crippen LogP contribution < -0.4 is 0 Å². The number of rotatable bonds is 2. The van der Waals surface area contributed by atoms with Crippen molar-refractivity contribution in [3.8, 4) is 0 Å². The summed E-state index contributed by atoms with van der Waals surface area (Å²) in [6.45, 7) is 3.94. The van der Waals surface area contributed by atoms with Crippen LogP contribution >= 0.6 is 0 Å². The largest absolute Gasteiger partial charge is 0.339 e. The van der Waals surface area contributed by atoms with E-state index in [9.17, 15) is 4.79 Å². The lowest BCUT2D eigenvalue weighted by molar-refractivity contribution is 0.0755. The minimum Gasteiger partial charge on any atom is -0.339 e. The number of nitrogens with zero attached hydrogens (tertiary/aromatic N) is 2. The van der Waals surface area contributed by atoms with E-state index in [0.717, 1.165) is 0 Å². The van der Waals surface area contributed by atoms with Crippen molar-refractivity contribution in [2.75, 3.05) is 7.05 Å². The van der Waals surface area contributed by atoms with E-state index in [0.29, 0.717) is 5.56 Å². The van der Waals surface area contributed by atoms with Gasteiger partial charge in [0.25, 0.3) is 5.91 Å². The summed E-state index contributed by atoms with van der Waals surface area (Å²) < 4.78 is 0. The standard InChI is InChI=1S/C8H13N3O/c1-6(2)11(3)8(12)7-4-9-10-5-7/h4-6H,1-3H3,(H,9,10). The van der Waals surface area contributed by atoms with Crippen LogP contribution in [0.3, 0.4) is 0 Å². The number of aromatic nitrogens is 2. The van der Waals surface area contributed by atoms with Crippen molar-refractivity contribution in [1.29, 1.82) is 0 Å². The Morgan fingerprint density at radius 1 is 1.67 bits per heavy atom. The van der Waals surface area contributed by atoms with E-state index >= 15 is 0 Å². The third-order valence-electron chi connectivity index (χ3n) is 1.84. The highest BCUT2D eigenvalue weighted by molar-refractivity contribution is 5.93. The van der Waals surface area contributed by atoms with E-state index in [1.807, 2.05) is 13.8 Å². The summed E-state index contributed by atoms with van der Waals surface area (Å²) in [7, 11) is 1.78. The smallest absolute Gasteiger partial charge is 0.257 e. The quantitative estimate of drug-likeness (QED) is 0.711. The molecule has 0 atom stereocenters. The second-order valence-corrected chi connectivity index (χ2v) is 3.00. The maximum Gasteiger partial charge on any atom is 0.257 e. The molecular formula is C8H13N3O. The molecule has 0 radical (unpaired) electrons. The summed E-state index contributed by atoms with van der Waals surface area (Å²) in [5.41, 5.74) is 0.603. The Morgan fingerprint density at radius 2 is 2.33 bits per heavy atom. The summed E-state index contributed by atoms with van der Waals surface area (Å²) >= 11 is 0. The molecule has 0 aliphatic carbocycles. The van der Waals surface area contributed by atoms with E-state index in [1.54, 1.807) is 18.1 Å². The number of amides is 1. The zero-order valence-corrected chi connectivity index (χ0v) is 7.53. The molecule has 4 nitrogen and oxygen atoms in total. The molecular weight excluding hydrogens is 154 g/mol. The van der Waals surface area contributed by atoms with Gasteiger partial charge in [-0.15, -0.1) is 0 Å². The van der Waals surface area contributed by atoms with Gasteiger partial charge in [0.15, 0.2) is 0 Å². The third-order valence-corrected chi connectivity index (χ3v) is 1.84. The van der Waals surface area contributed by atoms with Crippen LogP contribution in [0.4, 0.5) is 0 Å². The zero-order chi connectivity index (χ0) is 9.14. The molecule has 0 unspecified atom stereocenters. The van der Waals surface area contributed by atoms with Crippen LogP contribution in [0.1, 0.15) is 24.2 Å². The number of nitrogens with one attached hydrogen (secondary N) is 1. The van der Waals surface area contributed by atoms with E-state index in [1.165, 1.54) is 6.20 Å². The summed E-state index contributed by atoms with van der Waals surface area (Å²) in [6.07, 6.45) is 3.13. The lowest BCUT2D eigenvalue weighted by atomic mass is 10.2. The van der Waals surface area contributed by atoms with Gasteiger partial charge in [0, 0.05) is 19.3 Å². The molecule has 0 saturated carbocycles. The van der Waals surface area contributed by atoms with Gasteiger partial charge in [0.1, 0.15) is 0 Å². The van der Waals surface area contributed by atoms with Crippen LogP contribution in [-0.4, -0.2) is 34.1 Å². The molecule has 66 valence electrons. The predicted octanol–water partition coefficient (Wildman–Crippen LogP) is 0.890. The second kappa shape index (κ2) is 3.38. The van der Waals surface area contributed by atoms with Gasteiger partial charge in [0.05, 0.1) is 11.8 Å². The Balaban J connectivity index is 2.72. The van der Waals surface area contributed by atoms with Crippen molar-refractivity contribution in [3.63, 3.8) is 0 Å². The molecule has 0 aromatic carbocycles. The number of carbonyl (C=O) groups is 1. The van der Waals surface area contributed by atoms with Gasteiger partial charge in [-0.2, -0.15) is 5.10 Å². The fourth-order valence-electron chi connectivity index (χ4n) is 0.806. The molecule has 0 bridgehead atoms. The van der Waals surface area contributed by atoms with Gasteiger partial charge < -0.3 is 4.90 Å². The highest BCUT2D eigenvalue weighted by atomic mass is 16.2. The average Bonchev–Trinajstić information content (AvgIpc) is 2.53. The normalized spacial score (nSPS) is 10.3. The van der Waals surface area contributed by atoms with E-state index in [4.69, 9.17) is 0 Å². The molecule has 0 saturated heterocycles. The van der Waals surface area contributed by atoms with Gasteiger partial charge in [0.2, 0.25) is 0 Å². The lowest BCUT2D eigenvalue weighted by Gasteiger charge is -2.20. The second-order valence-electron chi connectivity index (χ2n) is 3.00. The summed E-state index contributed by atoms with van der Waals surface area (Å²) in [4.78, 5) is 13.2. The number of hydrogen-bond acceptors (Lipinski definition) is 2. The Labute approximate surface area is 71.6 Å². The van der Waals surface area contributed by atoms with Crippen LogP contribution in [0.2, 0.25) is 0 Å². The molecule has 1 rings (SSSR count). The molecule has 4 heteroatoms. The Hall–Kier alpha value is -1.32. The van der Waals surface area contributed by atoms with Gasteiger partial charge in [-0.25, -0.2) is 0 Å². The van der Waals surface area contributed by atoms with Crippen LogP contribution in [0.25, 0.3) is 0 Å². The third kappa shape index (κ3) is 1.64. The number of carbonyl (C=O) groups excluding carboxylic acids is 1. The molecule has 1 aromatic heterocycles. The van der Waals surface area contributed by atoms with E-state index < -0.39 is 0 Å². The first-order valence-electron chi connectivity index (χ1n) is 3.89. The SMILES string of the molecule is CC(C)N(C)C(=O)c1cn[nH]c1. The minimum atomic E-state index is -0.00116. The highest BCUT2D eigenvalue weighted by Crippen LogP contribution is 2.03. The van der Waals surface area contributed by atoms with Crippen LogP contribution in [0.15, 0.2) is 12.4 Å². The van der Waals surface area contributed by atoms with E-state index in [2.05, 4.69) is 10.2 Å². The maximum absolute atomic E-state index is 11.5. The molecule has 1 N–H and O–H groups in total. The van der Waals surface area contributed by atoms with Gasteiger partial charge in [-0.05, 0) is 13.8 Å². The average molecular weight is 167 g/mol. The molecule has 1 heterocycles. The first-order chi connectivity index (χ1) is 5.63. The Kier molecular flexibility index (Phi) is 2.47. The van der Waals surface area contributed by atoms with Gasteiger partial charge in [-0.3, -0.25) is 9.89 Å². The minimum absolute atomic E-state index is 0.00116. The monoisotopic (exact) mass is 167 g/mol. The fraction of sp³-hybridized carbons (Fsp3) is 0.500. The first kappa shape index (κ1) is 8.77. The molecule has 1 amide bonds. The van der Waals surface area contributed by atoms with Gasteiger partial charge in [-0.1, -0.05) is 0 Å². The zero-order valence-electron chi connectivity index (χ0n) is 7.53. The number of aromatic amines is 1. The van der Waals surface area contributed by atoms with Crippen molar-refractivity contribution in [2.45, 2.75) is 19.9 Å². The van der Waals surface area contributed by atoms with Crippen molar-refractivity contribution in [3.05, 3.63) is 18.0 Å². The van der Waals surface area contributed by atoms with Crippen LogP contribution in [0.5, 0.6) is 0 Å². The number of hydrogen-bond donors (Lipinski definition) is 1. The molecule has 0 fully saturated rings. The summed E-state index contributed by atoms with van der Waals surface area (Å²) in [5.74, 6) is -0.00116. The highest BCUT2D eigenvalue weighted by Gasteiger charge is 2.14. The number of H-pyrrole nitrogens is 1. The van der Waals surface area contributed by atoms with Crippen molar-refractivity contribution in [2.24, 2.45) is 0 Å². The van der Waals surface area contributed by atoms with Crippen molar-refractivity contribution in [1.82, 2.24) is 15.1 Å². The molecule has 0 aliphatic heterocycles. The maximum atomic E-state index is 11.5. The molecule has 0 aliphatic rings. The molecule has 0 spiro atoms. The van der Waals surface area contributed by atoms with Crippen molar-refractivity contribution >= 4 is 5.91 Å². The Bertz CT molecular complexity index is 253. The van der Waals surface area contributed by atoms with E-state index in [-0.39, 0.29) is 11.9 Å². The fourth-order valence-corrected chi connectivity index (χ4v) is 0.806. The lowest BCUT2D eigenvalue weighted by Crippen LogP contribution is -2.32.